The van der Waals surface area contributed by atoms with E-state index in [4.69, 9.17) is 30.2 Å². The fraction of sp³-hybridized carbons (Fsp3) is 0. The molecule has 0 saturated carbocycles. The second kappa shape index (κ2) is 13.6. The van der Waals surface area contributed by atoms with Crippen molar-refractivity contribution in [3.05, 3.63) is 200 Å². The van der Waals surface area contributed by atoms with E-state index in [1.54, 1.807) is 13.5 Å². The molecule has 0 aliphatic rings. The summed E-state index contributed by atoms with van der Waals surface area (Å²) in [5.41, 5.74) is 11.5. The summed E-state index contributed by atoms with van der Waals surface area (Å²) in [5, 5.41) is 20.0. The van der Waals surface area contributed by atoms with Gasteiger partial charge in [0, 0.05) is 38.4 Å². The molecule has 304 valence electrons. The van der Waals surface area contributed by atoms with Crippen molar-refractivity contribution < 1.29 is 0 Å². The van der Waals surface area contributed by atoms with Crippen LogP contribution in [0.15, 0.2) is 200 Å². The Balaban J connectivity index is 1.00. The Bertz CT molecular complexity index is 4160. The van der Waals surface area contributed by atoms with Gasteiger partial charge < -0.3 is 4.57 Å². The van der Waals surface area contributed by atoms with Crippen LogP contribution in [0.5, 0.6) is 0 Å². The highest BCUT2D eigenvalue weighted by atomic mass is 15.5. The van der Waals surface area contributed by atoms with E-state index in [0.717, 1.165) is 82.7 Å². The van der Waals surface area contributed by atoms with E-state index in [0.29, 0.717) is 34.9 Å². The van der Waals surface area contributed by atoms with Crippen LogP contribution in [-0.2, 0) is 0 Å². The highest BCUT2D eigenvalue weighted by Gasteiger charge is 2.25. The van der Waals surface area contributed by atoms with Crippen molar-refractivity contribution in [3.8, 4) is 56.7 Å². The van der Waals surface area contributed by atoms with Crippen molar-refractivity contribution in [1.29, 1.82) is 0 Å². The minimum absolute atomic E-state index is 0.452. The molecule has 8 aromatic carbocycles. The molecule has 0 spiro atoms. The lowest BCUT2D eigenvalue weighted by Gasteiger charge is -2.07. The predicted octanol–water partition coefficient (Wildman–Crippen LogP) is 11.7. The number of fused-ring (bicyclic) bond motifs is 12. The highest BCUT2D eigenvalue weighted by Crippen LogP contribution is 2.39. The molecule has 0 N–H and O–H groups in total. The Hall–Kier alpha value is -9.22. The fourth-order valence-corrected chi connectivity index (χ4v) is 9.56. The molecule has 65 heavy (non-hydrogen) atoms. The molecule has 0 saturated heterocycles. The monoisotopic (exact) mass is 835 g/mol. The number of nitrogens with zero attached hydrogens (tertiary/aromatic N) is 11. The van der Waals surface area contributed by atoms with Crippen LogP contribution in [0.4, 0.5) is 0 Å². The third kappa shape index (κ3) is 5.29. The summed E-state index contributed by atoms with van der Waals surface area (Å²) in [6.45, 7) is 0. The molecule has 11 heteroatoms. The molecule has 0 atom stereocenters. The fourth-order valence-electron chi connectivity index (χ4n) is 9.56. The first kappa shape index (κ1) is 35.4. The van der Waals surface area contributed by atoms with E-state index in [1.165, 1.54) is 0 Å². The van der Waals surface area contributed by atoms with Crippen LogP contribution in [0.2, 0.25) is 0 Å². The van der Waals surface area contributed by atoms with Crippen LogP contribution in [0.25, 0.3) is 118 Å². The molecular formula is C54H33N11. The van der Waals surface area contributed by atoms with Crippen molar-refractivity contribution in [3.63, 3.8) is 0 Å². The van der Waals surface area contributed by atoms with E-state index in [-0.39, 0.29) is 0 Å². The maximum Gasteiger partial charge on any atom is 0.261 e. The van der Waals surface area contributed by atoms with Gasteiger partial charge in [0.2, 0.25) is 0 Å². The van der Waals surface area contributed by atoms with Crippen LogP contribution in [-0.4, -0.2) is 52.9 Å². The molecule has 14 rings (SSSR count). The van der Waals surface area contributed by atoms with Crippen molar-refractivity contribution in [2.75, 3.05) is 0 Å². The Morgan fingerprint density at radius 1 is 0.308 bits per heavy atom. The van der Waals surface area contributed by atoms with Gasteiger partial charge in [0.1, 0.15) is 0 Å². The normalized spacial score (nSPS) is 12.0. The minimum atomic E-state index is 0.452. The molecule has 6 aromatic heterocycles. The Morgan fingerprint density at radius 2 is 0.815 bits per heavy atom. The van der Waals surface area contributed by atoms with Gasteiger partial charge in [0.25, 0.3) is 23.3 Å². The van der Waals surface area contributed by atoms with E-state index in [9.17, 15) is 0 Å². The summed E-state index contributed by atoms with van der Waals surface area (Å²) in [6.07, 6.45) is 0. The minimum Gasteiger partial charge on any atom is -0.309 e. The third-order valence-electron chi connectivity index (χ3n) is 12.5. The molecule has 0 radical (unpaired) electrons. The first-order chi connectivity index (χ1) is 32.2. The van der Waals surface area contributed by atoms with Gasteiger partial charge in [-0.05, 0) is 70.8 Å². The third-order valence-corrected chi connectivity index (χ3v) is 12.5. The standard InChI is InChI=1S/C54H33N11/c1-4-15-34(16-5-1)35-27-29-37(30-28-35)49-55-52-63-53(56-50(59-63)38-31-32-46-43(33-38)41-21-10-12-24-44(41)61(46)39-19-8-3-9-20-39)65-54(64(52)58-49)57-51(60-65)62-45-25-13-11-22-42(45)48-40(23-14-26-47(48)62)36-17-6-2-7-18-36/h1-33H. The smallest absolute Gasteiger partial charge is 0.261 e. The van der Waals surface area contributed by atoms with Gasteiger partial charge in [-0.1, -0.05) is 152 Å². The van der Waals surface area contributed by atoms with Gasteiger partial charge in [0.15, 0.2) is 11.6 Å². The zero-order valence-corrected chi connectivity index (χ0v) is 34.5. The average molecular weight is 836 g/mol. The van der Waals surface area contributed by atoms with Crippen LogP contribution >= 0.6 is 0 Å². The molecule has 0 unspecified atom stereocenters. The zero-order valence-electron chi connectivity index (χ0n) is 34.5. The van der Waals surface area contributed by atoms with E-state index < -0.39 is 0 Å². The van der Waals surface area contributed by atoms with Gasteiger partial charge in [-0.2, -0.15) is 28.5 Å². The first-order valence-electron chi connectivity index (χ1n) is 21.5. The number of hydrogen-bond acceptors (Lipinski definition) is 6. The van der Waals surface area contributed by atoms with Crippen molar-refractivity contribution in [1.82, 2.24) is 52.9 Å². The molecule has 6 heterocycles. The molecule has 0 bridgehead atoms. The summed E-state index contributed by atoms with van der Waals surface area (Å²) in [6, 6.07) is 69.3. The van der Waals surface area contributed by atoms with Crippen LogP contribution in [0.3, 0.4) is 0 Å². The van der Waals surface area contributed by atoms with Crippen molar-refractivity contribution >= 4 is 60.9 Å². The molecule has 0 aliphatic carbocycles. The lowest BCUT2D eigenvalue weighted by Crippen LogP contribution is -2.06. The lowest BCUT2D eigenvalue weighted by atomic mass is 10.00. The van der Waals surface area contributed by atoms with E-state index in [2.05, 4.69) is 179 Å². The van der Waals surface area contributed by atoms with Crippen LogP contribution in [0.1, 0.15) is 0 Å². The Kier molecular flexibility index (Phi) is 7.42. The van der Waals surface area contributed by atoms with Crippen LogP contribution < -0.4 is 0 Å². The molecule has 14 aromatic rings. The van der Waals surface area contributed by atoms with Crippen molar-refractivity contribution in [2.45, 2.75) is 0 Å². The number of benzene rings is 8. The number of aromatic nitrogens is 11. The molecule has 11 nitrogen and oxygen atoms in total. The van der Waals surface area contributed by atoms with Gasteiger partial charge >= 0.3 is 0 Å². The summed E-state index contributed by atoms with van der Waals surface area (Å²) < 4.78 is 9.61. The lowest BCUT2D eigenvalue weighted by molar-refractivity contribution is 0.813. The second-order valence-electron chi connectivity index (χ2n) is 16.2. The largest absolute Gasteiger partial charge is 0.309 e. The molecule has 0 amide bonds. The van der Waals surface area contributed by atoms with Gasteiger partial charge in [-0.15, -0.1) is 15.3 Å². The van der Waals surface area contributed by atoms with E-state index in [1.807, 2.05) is 30.3 Å². The number of rotatable bonds is 6. The molecular weight excluding hydrogens is 803 g/mol. The number of para-hydroxylation sites is 3. The van der Waals surface area contributed by atoms with Crippen molar-refractivity contribution in [2.24, 2.45) is 0 Å². The molecule has 0 fully saturated rings. The predicted molar refractivity (Wildman–Crippen MR) is 256 cm³/mol. The zero-order chi connectivity index (χ0) is 42.6. The Morgan fingerprint density at radius 3 is 1.54 bits per heavy atom. The summed E-state index contributed by atoms with van der Waals surface area (Å²) in [4.78, 5) is 15.6. The SMILES string of the molecule is c1ccc(-c2ccc(-c3nc4n5nc(-c6ccc7c(c6)c6ccccc6n7-c6ccccc6)nc5n5nc(-n6c7ccccc7c7c(-c8ccccc8)cccc76)nc5n4n3)cc2)cc1. The summed E-state index contributed by atoms with van der Waals surface area (Å²) >= 11 is 0. The quantitative estimate of drug-likeness (QED) is 0.165. The summed E-state index contributed by atoms with van der Waals surface area (Å²) in [5.74, 6) is 2.89. The summed E-state index contributed by atoms with van der Waals surface area (Å²) in [7, 11) is 0. The highest BCUT2D eigenvalue weighted by molar-refractivity contribution is 6.15. The van der Waals surface area contributed by atoms with Gasteiger partial charge in [-0.3, -0.25) is 4.57 Å². The van der Waals surface area contributed by atoms with Crippen LogP contribution in [0, 0.1) is 0 Å². The topological polar surface area (TPSA) is 100 Å². The number of hydrogen-bond donors (Lipinski definition) is 0. The first-order valence-corrected chi connectivity index (χ1v) is 21.5. The van der Waals surface area contributed by atoms with Gasteiger partial charge in [0.05, 0.1) is 22.1 Å². The average Bonchev–Trinajstić information content (AvgIpc) is 4.22. The maximum absolute atomic E-state index is 5.28. The van der Waals surface area contributed by atoms with E-state index >= 15 is 0 Å². The Labute approximate surface area is 369 Å². The maximum atomic E-state index is 5.28. The van der Waals surface area contributed by atoms with Gasteiger partial charge in [-0.25, -0.2) is 0 Å². The second-order valence-corrected chi connectivity index (χ2v) is 16.2. The molecule has 0 aliphatic heterocycles.